The Kier molecular flexibility index (Phi) is 10.5. The lowest BCUT2D eigenvalue weighted by Crippen LogP contribution is -2.56. The molecule has 40 heavy (non-hydrogen) atoms. The predicted octanol–water partition coefficient (Wildman–Crippen LogP) is 2.40. The molecule has 2 atom stereocenters. The minimum Gasteiger partial charge on any atom is -0.497 e. The standard InChI is InChI=1S/C28H37N3O8S/c1-18(2)15-22(30-27(33)19-8-13-25(38-4)26(16-19)39-5)28(34)31(23-7-6-14-29-17-24(23)32)40(35,36)21-11-9-20(37-3)10-12-21/h8-13,16,18,22-23,29H,6-7,14-15,17H2,1-5H3,(H,30,33)/t22-,23?/m0/s1. The van der Waals surface area contributed by atoms with Crippen LogP contribution in [0.5, 0.6) is 17.2 Å². The number of amides is 2. The average molecular weight is 576 g/mol. The Balaban J connectivity index is 2.04. The molecule has 2 aromatic rings. The summed E-state index contributed by atoms with van der Waals surface area (Å²) in [5, 5.41) is 5.68. The molecule has 3 rings (SSSR count). The molecule has 0 saturated carbocycles. The van der Waals surface area contributed by atoms with Gasteiger partial charge in [0.2, 0.25) is 0 Å². The number of ketones is 1. The lowest BCUT2D eigenvalue weighted by Gasteiger charge is -2.33. The van der Waals surface area contributed by atoms with Gasteiger partial charge in [0.1, 0.15) is 17.8 Å². The van der Waals surface area contributed by atoms with E-state index in [9.17, 15) is 22.8 Å². The number of benzene rings is 2. The van der Waals surface area contributed by atoms with Gasteiger partial charge in [0.25, 0.3) is 21.8 Å². The smallest absolute Gasteiger partial charge is 0.267 e. The van der Waals surface area contributed by atoms with Crippen molar-refractivity contribution in [2.75, 3.05) is 34.4 Å². The molecule has 0 radical (unpaired) electrons. The molecule has 1 fully saturated rings. The summed E-state index contributed by atoms with van der Waals surface area (Å²) >= 11 is 0. The van der Waals surface area contributed by atoms with E-state index in [1.54, 1.807) is 6.07 Å². The van der Waals surface area contributed by atoms with Crippen molar-refractivity contribution in [3.05, 3.63) is 48.0 Å². The second-order valence-electron chi connectivity index (χ2n) is 9.84. The molecule has 2 N–H and O–H groups in total. The highest BCUT2D eigenvalue weighted by Crippen LogP contribution is 2.29. The first kappa shape index (κ1) is 30.9. The van der Waals surface area contributed by atoms with E-state index in [1.165, 1.54) is 57.7 Å². The van der Waals surface area contributed by atoms with Gasteiger partial charge >= 0.3 is 0 Å². The van der Waals surface area contributed by atoms with Gasteiger partial charge in [-0.05, 0) is 74.2 Å². The van der Waals surface area contributed by atoms with Crippen LogP contribution < -0.4 is 24.8 Å². The first-order valence-electron chi connectivity index (χ1n) is 13.0. The third-order valence-corrected chi connectivity index (χ3v) is 8.40. The largest absolute Gasteiger partial charge is 0.497 e. The number of rotatable bonds is 11. The fourth-order valence-electron chi connectivity index (χ4n) is 4.53. The number of carbonyl (C=O) groups excluding carboxylic acids is 3. The number of nitrogens with zero attached hydrogens (tertiary/aromatic N) is 1. The Morgan fingerprint density at radius 1 is 1.02 bits per heavy atom. The number of hydrogen-bond donors (Lipinski definition) is 2. The van der Waals surface area contributed by atoms with Crippen LogP contribution in [-0.4, -0.2) is 76.8 Å². The van der Waals surface area contributed by atoms with Gasteiger partial charge in [-0.2, -0.15) is 0 Å². The lowest BCUT2D eigenvalue weighted by atomic mass is 10.0. The molecule has 218 valence electrons. The van der Waals surface area contributed by atoms with E-state index in [2.05, 4.69) is 10.6 Å². The molecule has 12 heteroatoms. The van der Waals surface area contributed by atoms with Crippen LogP contribution in [0.25, 0.3) is 0 Å². The van der Waals surface area contributed by atoms with Crippen LogP contribution in [0.15, 0.2) is 47.4 Å². The molecule has 1 unspecified atom stereocenters. The number of carbonyl (C=O) groups is 3. The quantitative estimate of drug-likeness (QED) is 0.413. The summed E-state index contributed by atoms with van der Waals surface area (Å²) in [6, 6.07) is 7.69. The molecule has 1 aliphatic heterocycles. The minimum atomic E-state index is -4.48. The van der Waals surface area contributed by atoms with Gasteiger partial charge in [0.05, 0.1) is 32.8 Å². The van der Waals surface area contributed by atoms with E-state index >= 15 is 0 Å². The Morgan fingerprint density at radius 2 is 1.70 bits per heavy atom. The molecule has 1 aliphatic rings. The number of sulfonamides is 1. The van der Waals surface area contributed by atoms with Gasteiger partial charge in [-0.25, -0.2) is 12.7 Å². The normalized spacial score (nSPS) is 16.6. The van der Waals surface area contributed by atoms with E-state index < -0.39 is 39.7 Å². The van der Waals surface area contributed by atoms with Crippen LogP contribution in [0.4, 0.5) is 0 Å². The van der Waals surface area contributed by atoms with Gasteiger partial charge in [0, 0.05) is 5.56 Å². The van der Waals surface area contributed by atoms with Crippen LogP contribution in [-0.2, 0) is 19.6 Å². The van der Waals surface area contributed by atoms with Crippen LogP contribution in [0.2, 0.25) is 0 Å². The number of ether oxygens (including phenoxy) is 3. The Labute approximate surface area is 235 Å². The van der Waals surface area contributed by atoms with E-state index in [0.717, 1.165) is 0 Å². The number of methoxy groups -OCH3 is 3. The number of hydrogen-bond acceptors (Lipinski definition) is 9. The van der Waals surface area contributed by atoms with Crippen LogP contribution in [0.1, 0.15) is 43.5 Å². The molecule has 0 bridgehead atoms. The fraction of sp³-hybridized carbons (Fsp3) is 0.464. The number of nitrogens with one attached hydrogen (secondary N) is 2. The highest BCUT2D eigenvalue weighted by atomic mass is 32.2. The summed E-state index contributed by atoms with van der Waals surface area (Å²) in [7, 11) is -0.126. The van der Waals surface area contributed by atoms with Crippen LogP contribution in [0.3, 0.4) is 0 Å². The Morgan fingerprint density at radius 3 is 2.30 bits per heavy atom. The average Bonchev–Trinajstić information content (AvgIpc) is 3.15. The Bertz CT molecular complexity index is 1310. The van der Waals surface area contributed by atoms with Crippen molar-refractivity contribution in [3.63, 3.8) is 0 Å². The van der Waals surface area contributed by atoms with E-state index in [4.69, 9.17) is 14.2 Å². The fourth-order valence-corrected chi connectivity index (χ4v) is 6.15. The van der Waals surface area contributed by atoms with E-state index in [1.807, 2.05) is 13.8 Å². The van der Waals surface area contributed by atoms with Crippen LogP contribution in [0, 0.1) is 5.92 Å². The van der Waals surface area contributed by atoms with Gasteiger partial charge < -0.3 is 24.8 Å². The zero-order valence-electron chi connectivity index (χ0n) is 23.4. The zero-order valence-corrected chi connectivity index (χ0v) is 24.2. The summed E-state index contributed by atoms with van der Waals surface area (Å²) in [6.07, 6.45) is 0.793. The molecule has 11 nitrogen and oxygen atoms in total. The van der Waals surface area contributed by atoms with Gasteiger partial charge in [-0.1, -0.05) is 13.8 Å². The molecule has 1 heterocycles. The van der Waals surface area contributed by atoms with Gasteiger partial charge in [0.15, 0.2) is 17.3 Å². The molecule has 2 aromatic carbocycles. The van der Waals surface area contributed by atoms with Crippen molar-refractivity contribution in [2.45, 2.75) is 50.1 Å². The molecule has 1 saturated heterocycles. The van der Waals surface area contributed by atoms with Crippen molar-refractivity contribution in [2.24, 2.45) is 5.92 Å². The highest BCUT2D eigenvalue weighted by molar-refractivity contribution is 7.89. The maximum absolute atomic E-state index is 14.2. The summed E-state index contributed by atoms with van der Waals surface area (Å²) < 4.78 is 44.3. The molecular weight excluding hydrogens is 538 g/mol. The summed E-state index contributed by atoms with van der Waals surface area (Å²) in [4.78, 5) is 40.4. The SMILES string of the molecule is COc1ccc(S(=O)(=O)N(C(=O)[C@H](CC(C)C)NC(=O)c2ccc(OC)c(OC)c2)C2CCCNCC2=O)cc1. The maximum Gasteiger partial charge on any atom is 0.267 e. The Hall–Kier alpha value is -3.64. The molecular formula is C28H37N3O8S. The van der Waals surface area contributed by atoms with E-state index in [0.29, 0.717) is 34.5 Å². The highest BCUT2D eigenvalue weighted by Gasteiger charge is 2.43. The van der Waals surface area contributed by atoms with Crippen LogP contribution >= 0.6 is 0 Å². The third-order valence-electron chi connectivity index (χ3n) is 6.57. The van der Waals surface area contributed by atoms with Gasteiger partial charge in [-0.3, -0.25) is 14.4 Å². The lowest BCUT2D eigenvalue weighted by molar-refractivity contribution is -0.135. The molecule has 0 aliphatic carbocycles. The first-order valence-corrected chi connectivity index (χ1v) is 14.5. The third kappa shape index (κ3) is 7.11. The minimum absolute atomic E-state index is 0.0700. The second-order valence-corrected chi connectivity index (χ2v) is 11.7. The van der Waals surface area contributed by atoms with Crippen molar-refractivity contribution >= 4 is 27.6 Å². The summed E-state index contributed by atoms with van der Waals surface area (Å²) in [5.74, 6) is -0.803. The molecule has 0 spiro atoms. The molecule has 0 aromatic heterocycles. The monoisotopic (exact) mass is 575 g/mol. The van der Waals surface area contributed by atoms with Crippen molar-refractivity contribution in [1.29, 1.82) is 0 Å². The summed E-state index contributed by atoms with van der Waals surface area (Å²) in [6.45, 7) is 4.15. The zero-order chi connectivity index (χ0) is 29.4. The van der Waals surface area contributed by atoms with Gasteiger partial charge in [-0.15, -0.1) is 0 Å². The maximum atomic E-state index is 14.2. The predicted molar refractivity (Wildman–Crippen MR) is 148 cm³/mol. The van der Waals surface area contributed by atoms with Crippen molar-refractivity contribution in [1.82, 2.24) is 14.9 Å². The topological polar surface area (TPSA) is 140 Å². The van der Waals surface area contributed by atoms with Crippen molar-refractivity contribution in [3.8, 4) is 17.2 Å². The van der Waals surface area contributed by atoms with E-state index in [-0.39, 0.29) is 35.8 Å². The van der Waals surface area contributed by atoms with Crippen molar-refractivity contribution < 1.29 is 37.0 Å². The summed E-state index contributed by atoms with van der Waals surface area (Å²) in [5.41, 5.74) is 0.193. The second kappa shape index (κ2) is 13.6. The molecule has 2 amide bonds. The number of Topliss-reactive ketones (excluding diaryl/α,β-unsaturated/α-hetero) is 1. The first-order chi connectivity index (χ1) is 19.0.